The minimum absolute atomic E-state index is 0.0378. The van der Waals surface area contributed by atoms with Crippen LogP contribution in [0.4, 0.5) is 0 Å². The van der Waals surface area contributed by atoms with Gasteiger partial charge in [-0.15, -0.1) is 0 Å². The van der Waals surface area contributed by atoms with Crippen LogP contribution in [-0.2, 0) is 23.8 Å². The fourth-order valence-corrected chi connectivity index (χ4v) is 1.88. The van der Waals surface area contributed by atoms with Gasteiger partial charge in [-0.1, -0.05) is 20.8 Å². The van der Waals surface area contributed by atoms with E-state index < -0.39 is 12.0 Å². The maximum atomic E-state index is 11.0. The van der Waals surface area contributed by atoms with E-state index in [0.717, 1.165) is 11.3 Å². The molecule has 5 heteroatoms. The van der Waals surface area contributed by atoms with Crippen LogP contribution in [0.25, 0.3) is 0 Å². The van der Waals surface area contributed by atoms with Crippen molar-refractivity contribution in [1.82, 2.24) is 14.7 Å². The second-order valence-corrected chi connectivity index (χ2v) is 5.86. The van der Waals surface area contributed by atoms with Crippen molar-refractivity contribution in [3.8, 4) is 0 Å². The van der Waals surface area contributed by atoms with E-state index in [2.05, 4.69) is 25.9 Å². The minimum Gasteiger partial charge on any atom is -0.480 e. The number of rotatable bonds is 4. The Bertz CT molecular complexity index is 432. The molecule has 0 radical (unpaired) electrons. The standard InChI is InChI=1S/C13H23N3O2/c1-9(12(17)18)15(5)7-10-8-16(6)14-11(10)13(2,3)4/h8-9H,7H2,1-6H3,(H,17,18). The van der Waals surface area contributed by atoms with Crippen LogP contribution in [0.15, 0.2) is 6.20 Å². The van der Waals surface area contributed by atoms with Gasteiger partial charge < -0.3 is 5.11 Å². The first-order valence-electron chi connectivity index (χ1n) is 6.09. The normalized spacial score (nSPS) is 13.9. The van der Waals surface area contributed by atoms with Gasteiger partial charge in [0.2, 0.25) is 0 Å². The third-order valence-corrected chi connectivity index (χ3v) is 3.05. The van der Waals surface area contributed by atoms with Gasteiger partial charge in [-0.25, -0.2) is 0 Å². The highest BCUT2D eigenvalue weighted by Gasteiger charge is 2.24. The molecule has 1 N–H and O–H groups in total. The molecule has 5 nitrogen and oxygen atoms in total. The molecular weight excluding hydrogens is 230 g/mol. The van der Waals surface area contributed by atoms with Gasteiger partial charge in [-0.3, -0.25) is 14.4 Å². The summed E-state index contributed by atoms with van der Waals surface area (Å²) >= 11 is 0. The molecule has 0 saturated heterocycles. The van der Waals surface area contributed by atoms with Crippen LogP contribution >= 0.6 is 0 Å². The molecule has 18 heavy (non-hydrogen) atoms. The van der Waals surface area contributed by atoms with Crippen molar-refractivity contribution in [1.29, 1.82) is 0 Å². The third-order valence-electron chi connectivity index (χ3n) is 3.05. The summed E-state index contributed by atoms with van der Waals surface area (Å²) < 4.78 is 1.79. The Balaban J connectivity index is 2.94. The van der Waals surface area contributed by atoms with Gasteiger partial charge in [0, 0.05) is 30.8 Å². The number of aliphatic carboxylic acids is 1. The van der Waals surface area contributed by atoms with Crippen molar-refractivity contribution in [2.24, 2.45) is 7.05 Å². The lowest BCUT2D eigenvalue weighted by Gasteiger charge is -2.23. The van der Waals surface area contributed by atoms with Gasteiger partial charge in [0.05, 0.1) is 5.69 Å². The quantitative estimate of drug-likeness (QED) is 0.886. The molecule has 0 aromatic carbocycles. The van der Waals surface area contributed by atoms with Crippen molar-refractivity contribution < 1.29 is 9.90 Å². The predicted molar refractivity (Wildman–Crippen MR) is 70.5 cm³/mol. The highest BCUT2D eigenvalue weighted by Crippen LogP contribution is 2.25. The molecule has 0 fully saturated rings. The summed E-state index contributed by atoms with van der Waals surface area (Å²) in [6, 6.07) is -0.502. The second kappa shape index (κ2) is 5.10. The Morgan fingerprint density at radius 3 is 2.56 bits per heavy atom. The molecule has 1 heterocycles. The molecule has 0 amide bonds. The molecular formula is C13H23N3O2. The van der Waals surface area contributed by atoms with Crippen molar-refractivity contribution in [3.63, 3.8) is 0 Å². The lowest BCUT2D eigenvalue weighted by atomic mass is 9.89. The molecule has 102 valence electrons. The lowest BCUT2D eigenvalue weighted by molar-refractivity contribution is -0.142. The molecule has 1 aromatic rings. The Kier molecular flexibility index (Phi) is 4.16. The number of hydrogen-bond acceptors (Lipinski definition) is 3. The van der Waals surface area contributed by atoms with Gasteiger partial charge in [0.15, 0.2) is 0 Å². The van der Waals surface area contributed by atoms with Gasteiger partial charge in [0.1, 0.15) is 6.04 Å². The van der Waals surface area contributed by atoms with Gasteiger partial charge in [0.25, 0.3) is 0 Å². The number of aromatic nitrogens is 2. The van der Waals surface area contributed by atoms with Crippen molar-refractivity contribution in [2.75, 3.05) is 7.05 Å². The summed E-state index contributed by atoms with van der Waals surface area (Å²) in [6.45, 7) is 8.61. The van der Waals surface area contributed by atoms with Crippen molar-refractivity contribution in [3.05, 3.63) is 17.5 Å². The van der Waals surface area contributed by atoms with E-state index in [1.54, 1.807) is 11.6 Å². The molecule has 0 aliphatic rings. The minimum atomic E-state index is -0.807. The van der Waals surface area contributed by atoms with E-state index >= 15 is 0 Å². The van der Waals surface area contributed by atoms with Gasteiger partial charge in [-0.2, -0.15) is 5.10 Å². The zero-order valence-electron chi connectivity index (χ0n) is 12.1. The second-order valence-electron chi connectivity index (χ2n) is 5.86. The first kappa shape index (κ1) is 14.7. The lowest BCUT2D eigenvalue weighted by Crippen LogP contribution is -2.35. The maximum Gasteiger partial charge on any atom is 0.320 e. The number of nitrogens with zero attached hydrogens (tertiary/aromatic N) is 3. The monoisotopic (exact) mass is 253 g/mol. The summed E-state index contributed by atoms with van der Waals surface area (Å²) in [5, 5.41) is 13.5. The Hall–Kier alpha value is -1.36. The Morgan fingerprint density at radius 1 is 1.56 bits per heavy atom. The van der Waals surface area contributed by atoms with Crippen LogP contribution in [0.3, 0.4) is 0 Å². The SMILES string of the molecule is CC(C(=O)O)N(C)Cc1cn(C)nc1C(C)(C)C. The third kappa shape index (κ3) is 3.32. The molecule has 1 aromatic heterocycles. The predicted octanol–water partition coefficient (Wildman–Crippen LogP) is 1.62. The number of carbonyl (C=O) groups is 1. The number of carboxylic acid groups (broad SMARTS) is 1. The van der Waals surface area contributed by atoms with Crippen LogP contribution < -0.4 is 0 Å². The summed E-state index contributed by atoms with van der Waals surface area (Å²) in [4.78, 5) is 12.8. The molecule has 0 aliphatic heterocycles. The highest BCUT2D eigenvalue weighted by molar-refractivity contribution is 5.72. The highest BCUT2D eigenvalue weighted by atomic mass is 16.4. The number of carboxylic acids is 1. The molecule has 0 aliphatic carbocycles. The van der Waals surface area contributed by atoms with E-state index in [1.807, 2.05) is 25.2 Å². The Labute approximate surface area is 108 Å². The fourth-order valence-electron chi connectivity index (χ4n) is 1.88. The molecule has 1 atom stereocenters. The zero-order valence-corrected chi connectivity index (χ0v) is 12.1. The number of likely N-dealkylation sites (N-methyl/N-ethyl adjacent to an activating group) is 1. The van der Waals surface area contributed by atoms with E-state index in [0.29, 0.717) is 6.54 Å². The summed E-state index contributed by atoms with van der Waals surface area (Å²) in [6.07, 6.45) is 1.96. The average Bonchev–Trinajstić information content (AvgIpc) is 2.57. The van der Waals surface area contributed by atoms with Crippen molar-refractivity contribution >= 4 is 5.97 Å². The van der Waals surface area contributed by atoms with Crippen LogP contribution in [0, 0.1) is 0 Å². The van der Waals surface area contributed by atoms with E-state index in [4.69, 9.17) is 5.11 Å². The van der Waals surface area contributed by atoms with Crippen LogP contribution in [0.5, 0.6) is 0 Å². The van der Waals surface area contributed by atoms with Crippen LogP contribution in [-0.4, -0.2) is 38.8 Å². The fraction of sp³-hybridized carbons (Fsp3) is 0.692. The smallest absolute Gasteiger partial charge is 0.320 e. The molecule has 1 rings (SSSR count). The first-order chi connectivity index (χ1) is 8.12. The summed E-state index contributed by atoms with van der Waals surface area (Å²) in [5.41, 5.74) is 2.07. The maximum absolute atomic E-state index is 11.0. The van der Waals surface area contributed by atoms with Crippen LogP contribution in [0.2, 0.25) is 0 Å². The van der Waals surface area contributed by atoms with Crippen molar-refractivity contribution in [2.45, 2.75) is 45.7 Å². The largest absolute Gasteiger partial charge is 0.480 e. The van der Waals surface area contributed by atoms with Crippen LogP contribution in [0.1, 0.15) is 39.0 Å². The van der Waals surface area contributed by atoms with Gasteiger partial charge >= 0.3 is 5.97 Å². The first-order valence-corrected chi connectivity index (χ1v) is 6.09. The molecule has 0 saturated carbocycles. The van der Waals surface area contributed by atoms with E-state index in [1.165, 1.54) is 0 Å². The topological polar surface area (TPSA) is 58.4 Å². The summed E-state index contributed by atoms with van der Waals surface area (Å²) in [7, 11) is 3.71. The Morgan fingerprint density at radius 2 is 2.11 bits per heavy atom. The molecule has 0 spiro atoms. The number of aryl methyl sites for hydroxylation is 1. The molecule has 0 bridgehead atoms. The number of hydrogen-bond donors (Lipinski definition) is 1. The van der Waals surface area contributed by atoms with Gasteiger partial charge in [-0.05, 0) is 14.0 Å². The van der Waals surface area contributed by atoms with E-state index in [-0.39, 0.29) is 5.41 Å². The molecule has 1 unspecified atom stereocenters. The van der Waals surface area contributed by atoms with E-state index in [9.17, 15) is 4.79 Å². The zero-order chi connectivity index (χ0) is 14.1. The average molecular weight is 253 g/mol. The summed E-state index contributed by atoms with van der Waals surface area (Å²) in [5.74, 6) is -0.807.